The third-order valence-corrected chi connectivity index (χ3v) is 3.34. The number of aromatic nitrogens is 2. The van der Waals surface area contributed by atoms with Gasteiger partial charge >= 0.3 is 0 Å². The van der Waals surface area contributed by atoms with E-state index in [2.05, 4.69) is 39.8 Å². The van der Waals surface area contributed by atoms with Gasteiger partial charge in [-0.25, -0.2) is 4.98 Å². The fraction of sp³-hybridized carbons (Fsp3) is 0.750. The fourth-order valence-corrected chi connectivity index (χ4v) is 2.17. The largest absolute Gasteiger partial charge is 0.334 e. The normalized spacial score (nSPS) is 16.7. The SMILES string of the molecule is CCCN(CCn1ccnc1C)C1CNC1. The molecule has 0 atom stereocenters. The highest BCUT2D eigenvalue weighted by atomic mass is 15.2. The predicted octanol–water partition coefficient (Wildman–Crippen LogP) is 0.875. The zero-order valence-corrected chi connectivity index (χ0v) is 10.3. The lowest BCUT2D eigenvalue weighted by Gasteiger charge is -2.38. The van der Waals surface area contributed by atoms with Crippen LogP contribution >= 0.6 is 0 Å². The lowest BCUT2D eigenvalue weighted by atomic mass is 10.1. The van der Waals surface area contributed by atoms with Gasteiger partial charge in [0.15, 0.2) is 0 Å². The molecule has 0 unspecified atom stereocenters. The summed E-state index contributed by atoms with van der Waals surface area (Å²) in [5.74, 6) is 1.11. The summed E-state index contributed by atoms with van der Waals surface area (Å²) in [5, 5.41) is 3.34. The Morgan fingerprint density at radius 2 is 2.31 bits per heavy atom. The van der Waals surface area contributed by atoms with Crippen LogP contribution in [0.15, 0.2) is 12.4 Å². The van der Waals surface area contributed by atoms with Gasteiger partial charge in [0.1, 0.15) is 5.82 Å². The molecule has 1 fully saturated rings. The maximum absolute atomic E-state index is 4.25. The van der Waals surface area contributed by atoms with Crippen LogP contribution in [-0.2, 0) is 6.54 Å². The molecule has 4 nitrogen and oxygen atoms in total. The molecule has 0 aliphatic carbocycles. The van der Waals surface area contributed by atoms with Crippen LogP contribution in [0.2, 0.25) is 0 Å². The van der Waals surface area contributed by atoms with E-state index >= 15 is 0 Å². The van der Waals surface area contributed by atoms with E-state index in [0.29, 0.717) is 0 Å². The average Bonchev–Trinajstić information content (AvgIpc) is 2.58. The van der Waals surface area contributed by atoms with Crippen LogP contribution in [0, 0.1) is 6.92 Å². The number of nitrogens with one attached hydrogen (secondary N) is 1. The molecule has 2 heterocycles. The molecule has 1 N–H and O–H groups in total. The summed E-state index contributed by atoms with van der Waals surface area (Å²) in [5.41, 5.74) is 0. The summed E-state index contributed by atoms with van der Waals surface area (Å²) in [6, 6.07) is 0.753. The van der Waals surface area contributed by atoms with Crippen molar-refractivity contribution in [3.05, 3.63) is 18.2 Å². The van der Waals surface area contributed by atoms with E-state index in [4.69, 9.17) is 0 Å². The number of imidazole rings is 1. The highest BCUT2D eigenvalue weighted by Gasteiger charge is 2.23. The fourth-order valence-electron chi connectivity index (χ4n) is 2.17. The smallest absolute Gasteiger partial charge is 0.105 e. The molecule has 1 aromatic rings. The van der Waals surface area contributed by atoms with Crippen molar-refractivity contribution in [2.75, 3.05) is 26.2 Å². The van der Waals surface area contributed by atoms with Crippen molar-refractivity contribution < 1.29 is 0 Å². The molecule has 1 aliphatic rings. The van der Waals surface area contributed by atoms with Crippen molar-refractivity contribution in [2.45, 2.75) is 32.9 Å². The third-order valence-electron chi connectivity index (χ3n) is 3.34. The Morgan fingerprint density at radius 3 is 2.81 bits per heavy atom. The summed E-state index contributed by atoms with van der Waals surface area (Å²) < 4.78 is 2.23. The van der Waals surface area contributed by atoms with Crippen molar-refractivity contribution in [2.24, 2.45) is 0 Å². The minimum absolute atomic E-state index is 0.753. The Morgan fingerprint density at radius 1 is 1.50 bits per heavy atom. The minimum Gasteiger partial charge on any atom is -0.334 e. The van der Waals surface area contributed by atoms with E-state index in [-0.39, 0.29) is 0 Å². The first-order chi connectivity index (χ1) is 7.81. The second-order valence-corrected chi connectivity index (χ2v) is 4.52. The van der Waals surface area contributed by atoms with E-state index in [9.17, 15) is 0 Å². The van der Waals surface area contributed by atoms with Crippen LogP contribution in [0.3, 0.4) is 0 Å². The molecule has 1 saturated heterocycles. The number of nitrogens with zero attached hydrogens (tertiary/aromatic N) is 3. The molecule has 90 valence electrons. The third kappa shape index (κ3) is 2.62. The van der Waals surface area contributed by atoms with Gasteiger partial charge in [-0.2, -0.15) is 0 Å². The lowest BCUT2D eigenvalue weighted by Crippen LogP contribution is -2.57. The van der Waals surface area contributed by atoms with E-state index in [1.54, 1.807) is 0 Å². The monoisotopic (exact) mass is 222 g/mol. The van der Waals surface area contributed by atoms with Gasteiger partial charge in [0.25, 0.3) is 0 Å². The molecule has 0 aromatic carbocycles. The van der Waals surface area contributed by atoms with Gasteiger partial charge in [0, 0.05) is 44.6 Å². The van der Waals surface area contributed by atoms with Crippen molar-refractivity contribution >= 4 is 0 Å². The summed E-state index contributed by atoms with van der Waals surface area (Å²) >= 11 is 0. The Balaban J connectivity index is 1.83. The Labute approximate surface area is 97.7 Å². The van der Waals surface area contributed by atoms with Crippen molar-refractivity contribution in [3.8, 4) is 0 Å². The topological polar surface area (TPSA) is 33.1 Å². The molecule has 1 aliphatic heterocycles. The number of hydrogen-bond donors (Lipinski definition) is 1. The highest BCUT2D eigenvalue weighted by Crippen LogP contribution is 2.07. The van der Waals surface area contributed by atoms with E-state index in [1.165, 1.54) is 13.0 Å². The van der Waals surface area contributed by atoms with Gasteiger partial charge in [-0.3, -0.25) is 4.90 Å². The van der Waals surface area contributed by atoms with E-state index < -0.39 is 0 Å². The molecule has 0 amide bonds. The standard InChI is InChI=1S/C12H22N4/c1-3-5-16(12-9-13-10-12)8-7-15-6-4-14-11(15)2/h4,6,12-13H,3,5,7-10H2,1-2H3. The van der Waals surface area contributed by atoms with Gasteiger partial charge in [-0.05, 0) is 19.9 Å². The zero-order valence-electron chi connectivity index (χ0n) is 10.3. The number of rotatable bonds is 6. The van der Waals surface area contributed by atoms with Gasteiger partial charge in [-0.15, -0.1) is 0 Å². The maximum Gasteiger partial charge on any atom is 0.105 e. The highest BCUT2D eigenvalue weighted by molar-refractivity contribution is 4.90. The molecule has 0 bridgehead atoms. The molecule has 0 saturated carbocycles. The lowest BCUT2D eigenvalue weighted by molar-refractivity contribution is 0.140. The van der Waals surface area contributed by atoms with Gasteiger partial charge < -0.3 is 9.88 Å². The first-order valence-corrected chi connectivity index (χ1v) is 6.23. The van der Waals surface area contributed by atoms with Crippen LogP contribution in [0.4, 0.5) is 0 Å². The number of aryl methyl sites for hydroxylation is 1. The van der Waals surface area contributed by atoms with Crippen LogP contribution in [0.1, 0.15) is 19.2 Å². The quantitative estimate of drug-likeness (QED) is 0.775. The van der Waals surface area contributed by atoms with Crippen molar-refractivity contribution in [1.82, 2.24) is 19.8 Å². The zero-order chi connectivity index (χ0) is 11.4. The van der Waals surface area contributed by atoms with Gasteiger partial charge in [0.05, 0.1) is 0 Å². The Bertz CT molecular complexity index is 317. The first kappa shape index (κ1) is 11.6. The molecular formula is C12H22N4. The van der Waals surface area contributed by atoms with E-state index in [1.807, 2.05) is 6.20 Å². The Kier molecular flexibility index (Phi) is 3.96. The van der Waals surface area contributed by atoms with Crippen LogP contribution in [-0.4, -0.2) is 46.7 Å². The van der Waals surface area contributed by atoms with Crippen LogP contribution < -0.4 is 5.32 Å². The van der Waals surface area contributed by atoms with Crippen molar-refractivity contribution in [3.63, 3.8) is 0 Å². The predicted molar refractivity (Wildman–Crippen MR) is 65.5 cm³/mol. The molecule has 0 radical (unpaired) electrons. The molecule has 16 heavy (non-hydrogen) atoms. The second-order valence-electron chi connectivity index (χ2n) is 4.52. The summed E-state index contributed by atoms with van der Waals surface area (Å²) in [4.78, 5) is 6.84. The minimum atomic E-state index is 0.753. The summed E-state index contributed by atoms with van der Waals surface area (Å²) in [7, 11) is 0. The average molecular weight is 222 g/mol. The van der Waals surface area contributed by atoms with Gasteiger partial charge in [0.2, 0.25) is 0 Å². The maximum atomic E-state index is 4.25. The molecule has 2 rings (SSSR count). The first-order valence-electron chi connectivity index (χ1n) is 6.23. The van der Waals surface area contributed by atoms with E-state index in [0.717, 1.165) is 38.0 Å². The second kappa shape index (κ2) is 5.46. The molecule has 4 heteroatoms. The van der Waals surface area contributed by atoms with Gasteiger partial charge in [-0.1, -0.05) is 6.92 Å². The molecule has 0 spiro atoms. The number of hydrogen-bond acceptors (Lipinski definition) is 3. The van der Waals surface area contributed by atoms with Crippen molar-refractivity contribution in [1.29, 1.82) is 0 Å². The summed E-state index contributed by atoms with van der Waals surface area (Å²) in [6.07, 6.45) is 5.18. The van der Waals surface area contributed by atoms with Crippen LogP contribution in [0.5, 0.6) is 0 Å². The summed E-state index contributed by atoms with van der Waals surface area (Å²) in [6.45, 7) is 10.0. The molecular weight excluding hydrogens is 200 g/mol. The van der Waals surface area contributed by atoms with Crippen LogP contribution in [0.25, 0.3) is 0 Å². The Hall–Kier alpha value is -0.870. The molecule has 1 aromatic heterocycles.